The molecule has 1 amide bonds. The first-order chi connectivity index (χ1) is 12.6. The molecule has 0 aliphatic carbocycles. The second-order valence-electron chi connectivity index (χ2n) is 6.37. The van der Waals surface area contributed by atoms with Crippen LogP contribution in [-0.4, -0.2) is 22.9 Å². The Morgan fingerprint density at radius 2 is 1.92 bits per heavy atom. The Bertz CT molecular complexity index is 856. The molecule has 0 radical (unpaired) electrons. The molecule has 6 nitrogen and oxygen atoms in total. The number of aliphatic imine (C=N–C) groups is 1. The van der Waals surface area contributed by atoms with Crippen LogP contribution in [0.3, 0.4) is 0 Å². The maximum absolute atomic E-state index is 12.8. The average molecular weight is 348 g/mol. The van der Waals surface area contributed by atoms with Crippen molar-refractivity contribution >= 4 is 17.6 Å². The summed E-state index contributed by atoms with van der Waals surface area (Å²) in [6.07, 6.45) is 1.79. The van der Waals surface area contributed by atoms with Crippen LogP contribution in [0.2, 0.25) is 0 Å². The van der Waals surface area contributed by atoms with Crippen molar-refractivity contribution in [1.29, 1.82) is 5.26 Å². The molecule has 0 spiro atoms. The third kappa shape index (κ3) is 3.67. The van der Waals surface area contributed by atoms with Crippen LogP contribution < -0.4 is 10.1 Å². The van der Waals surface area contributed by atoms with Gasteiger partial charge in [-0.05, 0) is 29.7 Å². The summed E-state index contributed by atoms with van der Waals surface area (Å²) >= 11 is 0. The molecule has 1 heterocycles. The number of carbonyl (C=O) groups is 1. The highest BCUT2D eigenvalue weighted by Crippen LogP contribution is 2.27. The summed E-state index contributed by atoms with van der Waals surface area (Å²) in [5, 5.41) is 12.1. The number of hydrogen-bond donors (Lipinski definition) is 1. The van der Waals surface area contributed by atoms with Crippen molar-refractivity contribution in [3.63, 3.8) is 0 Å². The zero-order chi connectivity index (χ0) is 18.5. The number of amidine groups is 1. The van der Waals surface area contributed by atoms with E-state index in [0.29, 0.717) is 12.3 Å². The number of carbonyl (C=O) groups excluding carboxylic acids is 1. The van der Waals surface area contributed by atoms with Gasteiger partial charge in [0, 0.05) is 5.69 Å². The molecular weight excluding hydrogens is 328 g/mol. The quantitative estimate of drug-likeness (QED) is 0.513. The molecule has 0 unspecified atom stereocenters. The lowest BCUT2D eigenvalue weighted by Gasteiger charge is -2.32. The predicted octanol–water partition coefficient (Wildman–Crippen LogP) is 3.38. The Balaban J connectivity index is 2.03. The first-order valence-electron chi connectivity index (χ1n) is 8.45. The number of para-hydroxylation sites is 2. The van der Waals surface area contributed by atoms with E-state index in [0.717, 1.165) is 11.3 Å². The Kier molecular flexibility index (Phi) is 5.18. The molecule has 26 heavy (non-hydrogen) atoms. The van der Waals surface area contributed by atoms with E-state index >= 15 is 0 Å². The Morgan fingerprint density at radius 1 is 1.23 bits per heavy atom. The van der Waals surface area contributed by atoms with Gasteiger partial charge in [-0.2, -0.15) is 5.26 Å². The fourth-order valence-electron chi connectivity index (χ4n) is 3.04. The lowest BCUT2D eigenvalue weighted by Crippen LogP contribution is -2.49. The summed E-state index contributed by atoms with van der Waals surface area (Å²) in [4.78, 5) is 18.5. The van der Waals surface area contributed by atoms with E-state index in [1.54, 1.807) is 23.2 Å². The number of nitrogens with one attached hydrogen (secondary N) is 1. The number of amides is 1. The lowest BCUT2D eigenvalue weighted by molar-refractivity contribution is -0.121. The number of fused-ring (bicyclic) bond motifs is 1. The Hall–Kier alpha value is -3.33. The highest BCUT2D eigenvalue weighted by molar-refractivity contribution is 5.99. The molecule has 2 aromatic carbocycles. The molecule has 132 valence electrons. The summed E-state index contributed by atoms with van der Waals surface area (Å²) in [7, 11) is 0. The van der Waals surface area contributed by atoms with E-state index in [2.05, 4.69) is 10.3 Å². The molecular formula is C20H20N4O2. The van der Waals surface area contributed by atoms with E-state index in [1.165, 1.54) is 0 Å². The van der Waals surface area contributed by atoms with Crippen molar-refractivity contribution in [3.05, 3.63) is 60.2 Å². The number of hydrogen-bond acceptors (Lipinski definition) is 4. The number of anilines is 1. The van der Waals surface area contributed by atoms with Gasteiger partial charge in [-0.1, -0.05) is 50.2 Å². The van der Waals surface area contributed by atoms with Crippen molar-refractivity contribution in [1.82, 2.24) is 4.90 Å². The van der Waals surface area contributed by atoms with Gasteiger partial charge in [-0.25, -0.2) is 0 Å². The van der Waals surface area contributed by atoms with Gasteiger partial charge in [-0.3, -0.25) is 4.79 Å². The van der Waals surface area contributed by atoms with Crippen LogP contribution >= 0.6 is 0 Å². The standard InChI is InChI=1S/C20H20N4O2/c1-14(2)18-19(25)23-17-11-7-6-8-15(17)12-24(18)20(22-13-21)26-16-9-4-3-5-10-16/h3-11,14,18H,12H2,1-2H3,(H,23,25)/t18-/m0/s1. The first-order valence-corrected chi connectivity index (χ1v) is 8.45. The van der Waals surface area contributed by atoms with Crippen LogP contribution in [0.4, 0.5) is 5.69 Å². The zero-order valence-electron chi connectivity index (χ0n) is 14.7. The van der Waals surface area contributed by atoms with Gasteiger partial charge in [0.1, 0.15) is 11.8 Å². The SMILES string of the molecule is CC(C)[C@H]1C(=O)Nc2ccccc2CN1C(=NC#N)Oc1ccccc1. The van der Waals surface area contributed by atoms with Crippen molar-refractivity contribution in [2.75, 3.05) is 5.32 Å². The van der Waals surface area contributed by atoms with Crippen molar-refractivity contribution in [3.8, 4) is 11.9 Å². The summed E-state index contributed by atoms with van der Waals surface area (Å²) in [5.41, 5.74) is 1.70. The maximum atomic E-state index is 12.8. The zero-order valence-corrected chi connectivity index (χ0v) is 14.7. The largest absolute Gasteiger partial charge is 0.425 e. The molecule has 0 bridgehead atoms. The third-order valence-electron chi connectivity index (χ3n) is 4.20. The maximum Gasteiger partial charge on any atom is 0.309 e. The summed E-state index contributed by atoms with van der Waals surface area (Å²) in [6.45, 7) is 4.32. The smallest absolute Gasteiger partial charge is 0.309 e. The van der Waals surface area contributed by atoms with E-state index < -0.39 is 6.04 Å². The van der Waals surface area contributed by atoms with E-state index in [1.807, 2.05) is 56.3 Å². The van der Waals surface area contributed by atoms with Crippen LogP contribution in [0.25, 0.3) is 0 Å². The molecule has 0 aromatic heterocycles. The van der Waals surface area contributed by atoms with Crippen LogP contribution in [0.1, 0.15) is 19.4 Å². The van der Waals surface area contributed by atoms with Crippen LogP contribution in [0, 0.1) is 17.4 Å². The molecule has 1 aliphatic heterocycles. The topological polar surface area (TPSA) is 77.7 Å². The highest BCUT2D eigenvalue weighted by atomic mass is 16.5. The van der Waals surface area contributed by atoms with E-state index in [-0.39, 0.29) is 17.8 Å². The first kappa shape index (κ1) is 17.5. The molecule has 1 aliphatic rings. The number of benzene rings is 2. The molecule has 1 N–H and O–H groups in total. The van der Waals surface area contributed by atoms with E-state index in [4.69, 9.17) is 10.00 Å². The minimum atomic E-state index is -0.516. The van der Waals surface area contributed by atoms with Gasteiger partial charge in [0.2, 0.25) is 12.1 Å². The molecule has 1 atom stereocenters. The van der Waals surface area contributed by atoms with Crippen LogP contribution in [0.15, 0.2) is 59.6 Å². The summed E-state index contributed by atoms with van der Waals surface area (Å²) in [5.74, 6) is 0.404. The molecule has 6 heteroatoms. The third-order valence-corrected chi connectivity index (χ3v) is 4.20. The Morgan fingerprint density at radius 3 is 2.62 bits per heavy atom. The van der Waals surface area contributed by atoms with Crippen molar-refractivity contribution < 1.29 is 9.53 Å². The number of nitrogens with zero attached hydrogens (tertiary/aromatic N) is 3. The lowest BCUT2D eigenvalue weighted by atomic mass is 10.0. The molecule has 0 fully saturated rings. The van der Waals surface area contributed by atoms with Crippen molar-refractivity contribution in [2.24, 2.45) is 10.9 Å². The molecule has 3 rings (SSSR count). The predicted molar refractivity (Wildman–Crippen MR) is 99.4 cm³/mol. The fraction of sp³-hybridized carbons (Fsp3) is 0.250. The molecule has 0 saturated heterocycles. The normalized spacial score (nSPS) is 17.2. The van der Waals surface area contributed by atoms with Gasteiger partial charge in [0.05, 0.1) is 6.54 Å². The summed E-state index contributed by atoms with van der Waals surface area (Å²) in [6, 6.07) is 16.3. The minimum absolute atomic E-state index is 0.00687. The second kappa shape index (κ2) is 7.70. The number of ether oxygens (including phenoxy) is 1. The molecule has 0 saturated carbocycles. The minimum Gasteiger partial charge on any atom is -0.425 e. The summed E-state index contributed by atoms with van der Waals surface area (Å²) < 4.78 is 5.87. The van der Waals surface area contributed by atoms with Gasteiger partial charge in [0.15, 0.2) is 0 Å². The van der Waals surface area contributed by atoms with E-state index in [9.17, 15) is 4.79 Å². The van der Waals surface area contributed by atoms with Gasteiger partial charge >= 0.3 is 6.02 Å². The van der Waals surface area contributed by atoms with Gasteiger partial charge < -0.3 is 15.0 Å². The van der Waals surface area contributed by atoms with Crippen LogP contribution in [-0.2, 0) is 11.3 Å². The highest BCUT2D eigenvalue weighted by Gasteiger charge is 2.35. The Labute approximate surface area is 152 Å². The fourth-order valence-corrected chi connectivity index (χ4v) is 3.04. The molecule has 2 aromatic rings. The average Bonchev–Trinajstić information content (AvgIpc) is 2.77. The number of rotatable bonds is 2. The van der Waals surface area contributed by atoms with Gasteiger partial charge in [0.25, 0.3) is 0 Å². The van der Waals surface area contributed by atoms with Gasteiger partial charge in [-0.15, -0.1) is 4.99 Å². The van der Waals surface area contributed by atoms with Crippen LogP contribution in [0.5, 0.6) is 5.75 Å². The van der Waals surface area contributed by atoms with Crippen molar-refractivity contribution in [2.45, 2.75) is 26.4 Å². The monoisotopic (exact) mass is 348 g/mol. The number of nitriles is 1. The second-order valence-corrected chi connectivity index (χ2v) is 6.37.